The van der Waals surface area contributed by atoms with Gasteiger partial charge in [-0.2, -0.15) is 0 Å². The third-order valence-electron chi connectivity index (χ3n) is 2.63. The van der Waals surface area contributed by atoms with Crippen molar-refractivity contribution < 1.29 is 19.8 Å². The van der Waals surface area contributed by atoms with Crippen LogP contribution < -0.4 is 0 Å². The van der Waals surface area contributed by atoms with Gasteiger partial charge in [0.05, 0.1) is 0 Å². The van der Waals surface area contributed by atoms with Gasteiger partial charge in [0.15, 0.2) is 0 Å². The van der Waals surface area contributed by atoms with Crippen molar-refractivity contribution >= 4 is 11.9 Å². The predicted octanol–water partition coefficient (Wildman–Crippen LogP) is 1.67. The normalized spacial score (nSPS) is 18.8. The molecule has 0 aromatic rings. The summed E-state index contributed by atoms with van der Waals surface area (Å²) in [5.41, 5.74) is 2.27. The van der Waals surface area contributed by atoms with E-state index in [-0.39, 0.29) is 0 Å². The Balaban J connectivity index is 2.29. The van der Waals surface area contributed by atoms with Crippen molar-refractivity contribution in [3.63, 3.8) is 0 Å². The molecule has 0 aliphatic heterocycles. The second kappa shape index (κ2) is 3.81. The van der Waals surface area contributed by atoms with E-state index in [0.717, 1.165) is 11.1 Å². The van der Waals surface area contributed by atoms with Crippen molar-refractivity contribution in [1.29, 1.82) is 0 Å². The zero-order valence-corrected chi connectivity index (χ0v) is 8.43. The Hall–Kier alpha value is -2.10. The lowest BCUT2D eigenvalue weighted by Crippen LogP contribution is -2.09. The van der Waals surface area contributed by atoms with Crippen molar-refractivity contribution in [2.24, 2.45) is 0 Å². The zero-order valence-electron chi connectivity index (χ0n) is 8.43. The van der Waals surface area contributed by atoms with Gasteiger partial charge in [0, 0.05) is 11.1 Å². The van der Waals surface area contributed by atoms with Crippen molar-refractivity contribution in [3.8, 4) is 0 Å². The van der Waals surface area contributed by atoms with E-state index in [1.807, 2.05) is 0 Å². The standard InChI is InChI=1S/C12H10O4/c13-11(14)9-3-1-7-5-10(12(15)16)4-2-8(7)6-9/h1-2,5-6H,3-4H2,(H,13,14)(H,15,16). The van der Waals surface area contributed by atoms with Gasteiger partial charge in [0.25, 0.3) is 0 Å². The molecule has 4 heteroatoms. The number of carboxylic acids is 2. The summed E-state index contributed by atoms with van der Waals surface area (Å²) in [6.07, 6.45) is 7.38. The monoisotopic (exact) mass is 218 g/mol. The Kier molecular flexibility index (Phi) is 2.48. The van der Waals surface area contributed by atoms with Crippen LogP contribution in [0.15, 0.2) is 46.6 Å². The largest absolute Gasteiger partial charge is 0.478 e. The minimum Gasteiger partial charge on any atom is -0.478 e. The summed E-state index contributed by atoms with van der Waals surface area (Å²) in [4.78, 5) is 21.5. The molecule has 0 radical (unpaired) electrons. The maximum absolute atomic E-state index is 10.8. The van der Waals surface area contributed by atoms with Crippen molar-refractivity contribution in [1.82, 2.24) is 0 Å². The summed E-state index contributed by atoms with van der Waals surface area (Å²) in [6.45, 7) is 0. The molecule has 0 bridgehead atoms. The molecule has 0 spiro atoms. The molecule has 0 heterocycles. The highest BCUT2D eigenvalue weighted by Gasteiger charge is 2.19. The number of carbonyl (C=O) groups is 2. The zero-order chi connectivity index (χ0) is 11.7. The average molecular weight is 218 g/mol. The molecule has 0 saturated heterocycles. The fourth-order valence-electron chi connectivity index (χ4n) is 1.75. The number of carboxylic acid groups (broad SMARTS) is 2. The SMILES string of the molecule is O=C(O)C1=CC2=CCC(C(=O)O)=CC2=CC1. The number of aliphatic carboxylic acids is 2. The minimum absolute atomic E-state index is 0.335. The van der Waals surface area contributed by atoms with Gasteiger partial charge in [-0.25, -0.2) is 9.59 Å². The lowest BCUT2D eigenvalue weighted by molar-refractivity contribution is -0.133. The van der Waals surface area contributed by atoms with Crippen LogP contribution in [0, 0.1) is 0 Å². The molecule has 16 heavy (non-hydrogen) atoms. The van der Waals surface area contributed by atoms with Gasteiger partial charge in [-0.1, -0.05) is 12.2 Å². The summed E-state index contributed by atoms with van der Waals surface area (Å²) in [7, 11) is 0. The van der Waals surface area contributed by atoms with Gasteiger partial charge in [0.2, 0.25) is 0 Å². The highest BCUT2D eigenvalue weighted by molar-refractivity contribution is 5.91. The second-order valence-electron chi connectivity index (χ2n) is 3.68. The Labute approximate surface area is 91.9 Å². The molecule has 2 N–H and O–H groups in total. The Morgan fingerprint density at radius 1 is 0.875 bits per heavy atom. The highest BCUT2D eigenvalue weighted by Crippen LogP contribution is 2.29. The Bertz CT molecular complexity index is 443. The Morgan fingerprint density at radius 3 is 1.56 bits per heavy atom. The number of rotatable bonds is 2. The number of fused-ring (bicyclic) bond motifs is 1. The topological polar surface area (TPSA) is 74.6 Å². The molecule has 2 aliphatic rings. The van der Waals surface area contributed by atoms with Crippen LogP contribution in [-0.4, -0.2) is 22.2 Å². The predicted molar refractivity (Wildman–Crippen MR) is 56.8 cm³/mol. The van der Waals surface area contributed by atoms with E-state index in [1.54, 1.807) is 24.3 Å². The van der Waals surface area contributed by atoms with E-state index in [9.17, 15) is 9.59 Å². The van der Waals surface area contributed by atoms with Crippen molar-refractivity contribution in [3.05, 3.63) is 46.6 Å². The molecule has 2 rings (SSSR count). The molecule has 0 saturated carbocycles. The summed E-state index contributed by atoms with van der Waals surface area (Å²) in [6, 6.07) is 0. The van der Waals surface area contributed by atoms with Gasteiger partial charge in [-0.05, 0) is 36.1 Å². The summed E-state index contributed by atoms with van der Waals surface area (Å²) in [5, 5.41) is 17.7. The van der Waals surface area contributed by atoms with Gasteiger partial charge in [-0.15, -0.1) is 0 Å². The maximum Gasteiger partial charge on any atom is 0.331 e. The summed E-state index contributed by atoms with van der Waals surface area (Å²) < 4.78 is 0. The van der Waals surface area contributed by atoms with Crippen LogP contribution in [0.3, 0.4) is 0 Å². The quantitative estimate of drug-likeness (QED) is 0.739. The van der Waals surface area contributed by atoms with E-state index in [0.29, 0.717) is 24.0 Å². The van der Waals surface area contributed by atoms with Gasteiger partial charge < -0.3 is 10.2 Å². The maximum atomic E-state index is 10.8. The second-order valence-corrected chi connectivity index (χ2v) is 3.68. The minimum atomic E-state index is -0.927. The first-order valence-electron chi connectivity index (χ1n) is 4.86. The molecule has 4 nitrogen and oxygen atoms in total. The van der Waals surface area contributed by atoms with Gasteiger partial charge in [-0.3, -0.25) is 0 Å². The molecular weight excluding hydrogens is 208 g/mol. The fourth-order valence-corrected chi connectivity index (χ4v) is 1.75. The molecule has 0 aromatic heterocycles. The number of allylic oxidation sites excluding steroid dienone is 6. The molecule has 0 unspecified atom stereocenters. The molecule has 0 aromatic carbocycles. The number of hydrogen-bond acceptors (Lipinski definition) is 2. The first-order valence-corrected chi connectivity index (χ1v) is 4.86. The fraction of sp³-hybridized carbons (Fsp3) is 0.167. The molecule has 0 fully saturated rings. The number of hydrogen-bond donors (Lipinski definition) is 2. The van der Waals surface area contributed by atoms with Crippen LogP contribution in [0.4, 0.5) is 0 Å². The highest BCUT2D eigenvalue weighted by atomic mass is 16.4. The summed E-state index contributed by atoms with van der Waals surface area (Å²) in [5.74, 6) is -1.85. The van der Waals surface area contributed by atoms with Gasteiger partial charge in [0.1, 0.15) is 0 Å². The molecule has 2 aliphatic carbocycles. The van der Waals surface area contributed by atoms with Crippen LogP contribution in [0.1, 0.15) is 12.8 Å². The molecule has 82 valence electrons. The Morgan fingerprint density at radius 2 is 1.25 bits per heavy atom. The lowest BCUT2D eigenvalue weighted by Gasteiger charge is -2.17. The van der Waals surface area contributed by atoms with E-state index >= 15 is 0 Å². The van der Waals surface area contributed by atoms with Crippen molar-refractivity contribution in [2.45, 2.75) is 12.8 Å². The lowest BCUT2D eigenvalue weighted by atomic mass is 9.88. The van der Waals surface area contributed by atoms with E-state index in [4.69, 9.17) is 10.2 Å². The first-order chi connectivity index (χ1) is 7.58. The van der Waals surface area contributed by atoms with Crippen LogP contribution >= 0.6 is 0 Å². The van der Waals surface area contributed by atoms with Crippen LogP contribution in [0.25, 0.3) is 0 Å². The van der Waals surface area contributed by atoms with E-state index in [2.05, 4.69) is 0 Å². The van der Waals surface area contributed by atoms with Crippen molar-refractivity contribution in [2.75, 3.05) is 0 Å². The summed E-state index contributed by atoms with van der Waals surface area (Å²) >= 11 is 0. The van der Waals surface area contributed by atoms with E-state index < -0.39 is 11.9 Å². The third kappa shape index (κ3) is 1.82. The van der Waals surface area contributed by atoms with Crippen LogP contribution in [0.5, 0.6) is 0 Å². The molecular formula is C12H10O4. The van der Waals surface area contributed by atoms with E-state index in [1.165, 1.54) is 0 Å². The van der Waals surface area contributed by atoms with Crippen LogP contribution in [0.2, 0.25) is 0 Å². The smallest absolute Gasteiger partial charge is 0.331 e. The molecule has 0 atom stereocenters. The average Bonchev–Trinajstić information content (AvgIpc) is 2.27. The third-order valence-corrected chi connectivity index (χ3v) is 2.63. The van der Waals surface area contributed by atoms with Gasteiger partial charge >= 0.3 is 11.9 Å². The molecule has 0 amide bonds. The first kappa shape index (κ1) is 10.4. The van der Waals surface area contributed by atoms with Crippen LogP contribution in [-0.2, 0) is 9.59 Å².